The topological polar surface area (TPSA) is 46.0 Å². The molecule has 0 spiro atoms. The van der Waals surface area contributed by atoms with Crippen molar-refractivity contribution in [2.24, 2.45) is 0 Å². The highest BCUT2D eigenvalue weighted by atomic mass is 35.5. The molecule has 7 heteroatoms. The van der Waals surface area contributed by atoms with E-state index >= 15 is 0 Å². The number of halogens is 1. The van der Waals surface area contributed by atoms with Crippen LogP contribution < -0.4 is 0 Å². The largest absolute Gasteiger partial charge is 0.395 e. The van der Waals surface area contributed by atoms with Gasteiger partial charge in [-0.3, -0.25) is 0 Å². The van der Waals surface area contributed by atoms with Crippen molar-refractivity contribution in [3.05, 3.63) is 33.9 Å². The number of aliphatic hydroxyl groups excluding tert-OH is 1. The zero-order valence-corrected chi connectivity index (χ0v) is 14.5. The molecule has 3 aromatic heterocycles. The van der Waals surface area contributed by atoms with E-state index in [0.29, 0.717) is 10.9 Å². The number of nitrogens with zero attached hydrogens (tertiary/aromatic N) is 2. The first-order valence-corrected chi connectivity index (χ1v) is 9.57. The average Bonchev–Trinajstić information content (AvgIpc) is 3.13. The predicted octanol–water partition coefficient (Wildman–Crippen LogP) is 4.69. The smallest absolute Gasteiger partial charge is 0.142 e. The number of aliphatic hydroxyl groups is 1. The third-order valence-electron chi connectivity index (χ3n) is 2.98. The monoisotopic (exact) mass is 356 g/mol. The molecule has 1 unspecified atom stereocenters. The number of hydrogen-bond acceptors (Lipinski definition) is 6. The van der Waals surface area contributed by atoms with Gasteiger partial charge in [-0.25, -0.2) is 9.97 Å². The van der Waals surface area contributed by atoms with Crippen LogP contribution in [0, 0.1) is 0 Å². The summed E-state index contributed by atoms with van der Waals surface area (Å²) in [6.07, 6.45) is 0. The molecular weight excluding hydrogens is 344 g/mol. The number of thioether (sulfide) groups is 1. The molecular formula is C14H13ClN2OS3. The van der Waals surface area contributed by atoms with Gasteiger partial charge in [-0.2, -0.15) is 0 Å². The molecule has 0 aliphatic heterocycles. The van der Waals surface area contributed by atoms with E-state index in [4.69, 9.17) is 16.7 Å². The van der Waals surface area contributed by atoms with E-state index in [2.05, 4.69) is 26.8 Å². The molecule has 0 aliphatic rings. The van der Waals surface area contributed by atoms with Gasteiger partial charge in [-0.05, 0) is 11.4 Å². The van der Waals surface area contributed by atoms with Crippen molar-refractivity contribution < 1.29 is 5.11 Å². The Hall–Kier alpha value is -0.660. The number of fused-ring (bicyclic) bond motifs is 1. The zero-order chi connectivity index (χ0) is 14.8. The van der Waals surface area contributed by atoms with Gasteiger partial charge in [0.15, 0.2) is 0 Å². The maximum absolute atomic E-state index is 9.06. The van der Waals surface area contributed by atoms with Gasteiger partial charge in [0.05, 0.1) is 17.7 Å². The van der Waals surface area contributed by atoms with Crippen LogP contribution in [-0.4, -0.2) is 26.9 Å². The lowest BCUT2D eigenvalue weighted by Gasteiger charge is -2.07. The van der Waals surface area contributed by atoms with Gasteiger partial charge in [-0.1, -0.05) is 24.6 Å². The zero-order valence-electron chi connectivity index (χ0n) is 11.2. The molecule has 3 aromatic rings. The number of aromatic nitrogens is 2. The minimum atomic E-state index is 0.155. The van der Waals surface area contributed by atoms with Crippen molar-refractivity contribution in [2.75, 3.05) is 6.61 Å². The third-order valence-corrected chi connectivity index (χ3v) is 6.17. The Labute approximate surface area is 140 Å². The summed E-state index contributed by atoms with van der Waals surface area (Å²) in [4.78, 5) is 11.1. The highest BCUT2D eigenvalue weighted by molar-refractivity contribution is 7.99. The van der Waals surface area contributed by atoms with E-state index in [9.17, 15) is 0 Å². The fourth-order valence-electron chi connectivity index (χ4n) is 1.89. The Morgan fingerprint density at radius 2 is 2.24 bits per heavy atom. The molecule has 110 valence electrons. The van der Waals surface area contributed by atoms with Gasteiger partial charge in [0.25, 0.3) is 0 Å². The van der Waals surface area contributed by atoms with E-state index in [0.717, 1.165) is 21.6 Å². The lowest BCUT2D eigenvalue weighted by Crippen LogP contribution is -2.04. The summed E-state index contributed by atoms with van der Waals surface area (Å²) in [5.74, 6) is 1.38. The molecule has 0 aliphatic carbocycles. The quantitative estimate of drug-likeness (QED) is 0.674. The van der Waals surface area contributed by atoms with E-state index in [1.807, 2.05) is 13.0 Å². The van der Waals surface area contributed by atoms with E-state index in [1.54, 1.807) is 34.4 Å². The van der Waals surface area contributed by atoms with Crippen molar-refractivity contribution >= 4 is 56.3 Å². The highest BCUT2D eigenvalue weighted by Gasteiger charge is 2.15. The minimum Gasteiger partial charge on any atom is -0.395 e. The van der Waals surface area contributed by atoms with E-state index < -0.39 is 0 Å². The first kappa shape index (κ1) is 15.2. The summed E-state index contributed by atoms with van der Waals surface area (Å²) in [6.45, 7) is 2.13. The van der Waals surface area contributed by atoms with Gasteiger partial charge in [0, 0.05) is 21.1 Å². The van der Waals surface area contributed by atoms with Gasteiger partial charge in [0.2, 0.25) is 0 Å². The number of thiophene rings is 2. The molecule has 0 radical (unpaired) electrons. The number of hydrogen-bond donors (Lipinski definition) is 1. The summed E-state index contributed by atoms with van der Waals surface area (Å²) >= 11 is 11.3. The molecule has 3 nitrogen and oxygen atoms in total. The minimum absolute atomic E-state index is 0.155. The van der Waals surface area contributed by atoms with Gasteiger partial charge < -0.3 is 5.11 Å². The van der Waals surface area contributed by atoms with Crippen LogP contribution in [0.1, 0.15) is 12.7 Å². The first-order valence-electron chi connectivity index (χ1n) is 6.39. The van der Waals surface area contributed by atoms with Crippen LogP contribution in [0.3, 0.4) is 0 Å². The van der Waals surface area contributed by atoms with Crippen LogP contribution in [0.5, 0.6) is 0 Å². The lowest BCUT2D eigenvalue weighted by atomic mass is 10.2. The molecule has 3 heterocycles. The molecule has 3 rings (SSSR count). The van der Waals surface area contributed by atoms with E-state index in [1.165, 1.54) is 4.88 Å². The van der Waals surface area contributed by atoms with Crippen molar-refractivity contribution in [1.29, 1.82) is 0 Å². The Morgan fingerprint density at radius 3 is 2.95 bits per heavy atom. The molecule has 1 N–H and O–H groups in total. The second-order valence-electron chi connectivity index (χ2n) is 4.54. The van der Waals surface area contributed by atoms with Crippen LogP contribution in [0.15, 0.2) is 22.9 Å². The lowest BCUT2D eigenvalue weighted by molar-refractivity contribution is 0.300. The summed E-state index contributed by atoms with van der Waals surface area (Å²) in [7, 11) is 0. The molecule has 0 amide bonds. The maximum atomic E-state index is 9.06. The van der Waals surface area contributed by atoms with Crippen molar-refractivity contribution in [3.63, 3.8) is 0 Å². The SMILES string of the molecule is CC(CO)SCc1nc(Cl)c2c(-c3cccs3)csc2n1. The third kappa shape index (κ3) is 3.24. The summed E-state index contributed by atoms with van der Waals surface area (Å²) in [5.41, 5.74) is 1.11. The summed E-state index contributed by atoms with van der Waals surface area (Å²) < 4.78 is 0. The van der Waals surface area contributed by atoms with Gasteiger partial charge in [-0.15, -0.1) is 34.4 Å². The number of rotatable bonds is 5. The molecule has 0 saturated carbocycles. The molecule has 0 aromatic carbocycles. The molecule has 0 bridgehead atoms. The second-order valence-corrected chi connectivity index (χ2v) is 8.13. The molecule has 21 heavy (non-hydrogen) atoms. The first-order chi connectivity index (χ1) is 10.2. The van der Waals surface area contributed by atoms with Gasteiger partial charge in [0.1, 0.15) is 15.8 Å². The maximum Gasteiger partial charge on any atom is 0.142 e. The van der Waals surface area contributed by atoms with Crippen LogP contribution in [0.4, 0.5) is 0 Å². The van der Waals surface area contributed by atoms with Crippen LogP contribution in [0.25, 0.3) is 20.7 Å². The standard InChI is InChI=1S/C14H13ClN2OS3/c1-8(5-18)20-7-11-16-13(15)12-9(6-21-14(12)17-11)10-3-2-4-19-10/h2-4,6,8,18H,5,7H2,1H3. The molecule has 1 atom stereocenters. The Kier molecular flexibility index (Phi) is 4.81. The fraction of sp³-hybridized carbons (Fsp3) is 0.286. The molecule has 0 fully saturated rings. The Bertz CT molecular complexity index is 742. The second kappa shape index (κ2) is 6.62. The van der Waals surface area contributed by atoms with Crippen LogP contribution in [0.2, 0.25) is 5.15 Å². The normalized spacial score (nSPS) is 12.9. The Morgan fingerprint density at radius 1 is 1.38 bits per heavy atom. The highest BCUT2D eigenvalue weighted by Crippen LogP contribution is 2.38. The van der Waals surface area contributed by atoms with Crippen LogP contribution >= 0.6 is 46.0 Å². The fourth-order valence-corrected chi connectivity index (χ4v) is 4.68. The Balaban J connectivity index is 1.95. The van der Waals surface area contributed by atoms with Crippen LogP contribution in [-0.2, 0) is 5.75 Å². The van der Waals surface area contributed by atoms with Crippen molar-refractivity contribution in [3.8, 4) is 10.4 Å². The predicted molar refractivity (Wildman–Crippen MR) is 93.6 cm³/mol. The van der Waals surface area contributed by atoms with Crippen molar-refractivity contribution in [1.82, 2.24) is 9.97 Å². The van der Waals surface area contributed by atoms with Gasteiger partial charge >= 0.3 is 0 Å². The van der Waals surface area contributed by atoms with E-state index in [-0.39, 0.29) is 11.9 Å². The average molecular weight is 357 g/mol. The molecule has 0 saturated heterocycles. The summed E-state index contributed by atoms with van der Waals surface area (Å²) in [5, 5.41) is 14.8. The summed E-state index contributed by atoms with van der Waals surface area (Å²) in [6, 6.07) is 4.11. The van der Waals surface area contributed by atoms with Crippen molar-refractivity contribution in [2.45, 2.75) is 17.9 Å².